The van der Waals surface area contributed by atoms with Crippen LogP contribution >= 0.6 is 0 Å². The van der Waals surface area contributed by atoms with Gasteiger partial charge in [-0.05, 0) is 29.8 Å². The van der Waals surface area contributed by atoms with Crippen molar-refractivity contribution < 1.29 is 13.6 Å². The third kappa shape index (κ3) is 4.48. The molecule has 3 heterocycles. The first kappa shape index (κ1) is 23.4. The number of nitrogens with zero attached hydrogens (tertiary/aromatic N) is 5. The minimum Gasteiger partial charge on any atom is -0.322 e. The van der Waals surface area contributed by atoms with Crippen LogP contribution in [0.4, 0.5) is 8.78 Å². The van der Waals surface area contributed by atoms with Crippen LogP contribution in [-0.4, -0.2) is 45.8 Å². The number of carbonyl (C=O) groups is 1. The maximum absolute atomic E-state index is 13.1. The van der Waals surface area contributed by atoms with Gasteiger partial charge in [0, 0.05) is 54.7 Å². The topological polar surface area (TPSA) is 101 Å². The third-order valence-corrected chi connectivity index (χ3v) is 6.07. The Morgan fingerprint density at radius 2 is 1.97 bits per heavy atom. The monoisotopic (exact) mass is 487 g/mol. The number of nitrogens with two attached hydrogens (primary N) is 1. The number of aromatic nitrogens is 2. The lowest BCUT2D eigenvalue weighted by atomic mass is 9.87. The van der Waals surface area contributed by atoms with E-state index in [0.29, 0.717) is 45.6 Å². The summed E-state index contributed by atoms with van der Waals surface area (Å²) in [5, 5.41) is 13.0. The van der Waals surface area contributed by atoms with Crippen molar-refractivity contribution in [2.45, 2.75) is 25.6 Å². The number of hydrogen-bond donors (Lipinski definition) is 2. The zero-order valence-electron chi connectivity index (χ0n) is 19.4. The average molecular weight is 488 g/mol. The second-order valence-corrected chi connectivity index (χ2v) is 8.40. The van der Waals surface area contributed by atoms with Crippen LogP contribution in [0.25, 0.3) is 5.57 Å². The van der Waals surface area contributed by atoms with E-state index in [0.717, 1.165) is 11.3 Å². The van der Waals surface area contributed by atoms with Crippen molar-refractivity contribution in [3.8, 4) is 11.8 Å². The number of rotatable bonds is 5. The zero-order chi connectivity index (χ0) is 25.2. The van der Waals surface area contributed by atoms with Crippen LogP contribution in [0.5, 0.6) is 0 Å². The number of allylic oxidation sites excluding steroid dienone is 4. The first-order chi connectivity index (χ1) is 17.4. The summed E-state index contributed by atoms with van der Waals surface area (Å²) in [5.74, 6) is 5.41. The van der Waals surface area contributed by atoms with Crippen LogP contribution in [0.3, 0.4) is 0 Å². The number of hydrazone groups is 1. The van der Waals surface area contributed by atoms with Gasteiger partial charge in [0.2, 0.25) is 0 Å². The number of alkyl halides is 2. The summed E-state index contributed by atoms with van der Waals surface area (Å²) in [5.41, 5.74) is 10.9. The maximum Gasteiger partial charge on any atom is 0.333 e. The standard InChI is InChI=1S/C26H23F2N7O/c1-34-23-20(18-13-31-35(15-18)26(27)28)14-30-24(29)21(23)22(33-34)16-9-11-17(12-10-16)25(36)32-19-7-5-3-2-4-6-8-19/h5,7-15,21,24,26H,3,6,29H2,1H3,(H,32,36)/b7-5-,19-8+. The van der Waals surface area contributed by atoms with Crippen molar-refractivity contribution in [2.75, 3.05) is 7.05 Å². The molecule has 10 heteroatoms. The van der Waals surface area contributed by atoms with E-state index in [1.54, 1.807) is 30.4 Å². The van der Waals surface area contributed by atoms with Gasteiger partial charge in [0.1, 0.15) is 6.17 Å². The third-order valence-electron chi connectivity index (χ3n) is 6.07. The Hall–Kier alpha value is -4.36. The Kier molecular flexibility index (Phi) is 6.31. The number of nitrogens with one attached hydrogen (secondary N) is 1. The highest BCUT2D eigenvalue weighted by Crippen LogP contribution is 2.38. The Morgan fingerprint density at radius 3 is 2.72 bits per heavy atom. The van der Waals surface area contributed by atoms with Crippen LogP contribution in [0.15, 0.2) is 76.4 Å². The molecule has 0 bridgehead atoms. The predicted octanol–water partition coefficient (Wildman–Crippen LogP) is 3.29. The SMILES string of the molecule is CN1N=C(c2ccc(C(=O)NC3=C/CC#CC/C=C\3)cc2)C2C1=C(c1cnn(C(F)F)c1)C=NC2N. The minimum absolute atomic E-state index is 0.227. The molecule has 2 unspecified atom stereocenters. The lowest BCUT2D eigenvalue weighted by Gasteiger charge is -2.26. The number of hydrogen-bond acceptors (Lipinski definition) is 6. The number of amides is 1. The lowest BCUT2D eigenvalue weighted by Crippen LogP contribution is -2.37. The molecule has 0 fully saturated rings. The quantitative estimate of drug-likeness (QED) is 0.632. The van der Waals surface area contributed by atoms with Gasteiger partial charge >= 0.3 is 6.55 Å². The van der Waals surface area contributed by atoms with Crippen LogP contribution in [0, 0.1) is 17.8 Å². The Bertz CT molecular complexity index is 1400. The van der Waals surface area contributed by atoms with Crippen molar-refractivity contribution in [1.29, 1.82) is 0 Å². The fourth-order valence-corrected chi connectivity index (χ4v) is 4.34. The zero-order valence-corrected chi connectivity index (χ0v) is 19.4. The van der Waals surface area contributed by atoms with E-state index in [-0.39, 0.29) is 11.8 Å². The highest BCUT2D eigenvalue weighted by molar-refractivity contribution is 6.16. The van der Waals surface area contributed by atoms with Crippen LogP contribution in [0.1, 0.15) is 40.9 Å². The maximum atomic E-state index is 13.1. The van der Waals surface area contributed by atoms with Gasteiger partial charge in [-0.15, -0.1) is 0 Å². The molecule has 36 heavy (non-hydrogen) atoms. The molecule has 0 saturated carbocycles. The van der Waals surface area contributed by atoms with Gasteiger partial charge in [-0.1, -0.05) is 30.0 Å². The highest BCUT2D eigenvalue weighted by Gasteiger charge is 2.40. The van der Waals surface area contributed by atoms with Crippen molar-refractivity contribution in [3.05, 3.63) is 83.0 Å². The van der Waals surface area contributed by atoms with E-state index in [1.165, 1.54) is 12.4 Å². The Balaban J connectivity index is 1.39. The van der Waals surface area contributed by atoms with E-state index < -0.39 is 12.7 Å². The van der Waals surface area contributed by atoms with Crippen molar-refractivity contribution in [3.63, 3.8) is 0 Å². The van der Waals surface area contributed by atoms with Gasteiger partial charge in [-0.3, -0.25) is 14.8 Å². The Labute approximate surface area is 206 Å². The molecule has 0 saturated heterocycles. The largest absolute Gasteiger partial charge is 0.333 e. The summed E-state index contributed by atoms with van der Waals surface area (Å²) in [6.45, 7) is -2.74. The number of halogens is 2. The molecule has 3 N–H and O–H groups in total. The minimum atomic E-state index is -2.74. The second-order valence-electron chi connectivity index (χ2n) is 8.40. The summed E-state index contributed by atoms with van der Waals surface area (Å²) in [6.07, 6.45) is 10.5. The van der Waals surface area contributed by atoms with Crippen LogP contribution in [0.2, 0.25) is 0 Å². The molecule has 8 nitrogen and oxygen atoms in total. The molecular weight excluding hydrogens is 464 g/mol. The van der Waals surface area contributed by atoms with Gasteiger partial charge in [-0.25, -0.2) is 4.68 Å². The summed E-state index contributed by atoms with van der Waals surface area (Å²) in [4.78, 5) is 17.2. The van der Waals surface area contributed by atoms with E-state index in [2.05, 4.69) is 32.4 Å². The molecule has 1 aromatic heterocycles. The van der Waals surface area contributed by atoms with Gasteiger partial charge < -0.3 is 11.1 Å². The molecule has 2 aromatic rings. The molecule has 5 rings (SSSR count). The normalized spacial score (nSPS) is 23.2. The average Bonchev–Trinajstić information content (AvgIpc) is 3.47. The van der Waals surface area contributed by atoms with E-state index in [4.69, 9.17) is 5.73 Å². The van der Waals surface area contributed by atoms with E-state index >= 15 is 0 Å². The van der Waals surface area contributed by atoms with Gasteiger partial charge in [0.15, 0.2) is 0 Å². The second kappa shape index (κ2) is 9.71. The molecule has 182 valence electrons. The molecule has 2 atom stereocenters. The summed E-state index contributed by atoms with van der Waals surface area (Å²) in [6, 6.07) is 7.09. The van der Waals surface area contributed by atoms with Crippen molar-refractivity contribution in [2.24, 2.45) is 21.7 Å². The molecular formula is C26H23F2N7O. The lowest BCUT2D eigenvalue weighted by molar-refractivity contribution is 0.0566. The number of aliphatic imine (C=N–C) groups is 1. The number of benzene rings is 1. The summed E-state index contributed by atoms with van der Waals surface area (Å²) >= 11 is 0. The van der Waals surface area contributed by atoms with E-state index in [1.807, 2.05) is 30.4 Å². The summed E-state index contributed by atoms with van der Waals surface area (Å²) < 4.78 is 26.7. The summed E-state index contributed by atoms with van der Waals surface area (Å²) in [7, 11) is 1.78. The number of dihydropyridines is 1. The van der Waals surface area contributed by atoms with Gasteiger partial charge in [0.25, 0.3) is 5.91 Å². The molecule has 1 amide bonds. The predicted molar refractivity (Wildman–Crippen MR) is 133 cm³/mol. The van der Waals surface area contributed by atoms with Gasteiger partial charge in [-0.2, -0.15) is 19.0 Å². The van der Waals surface area contributed by atoms with Crippen molar-refractivity contribution in [1.82, 2.24) is 20.1 Å². The smallest absolute Gasteiger partial charge is 0.322 e. The highest BCUT2D eigenvalue weighted by atomic mass is 19.3. The fourth-order valence-electron chi connectivity index (χ4n) is 4.34. The fraction of sp³-hybridized carbons (Fsp3) is 0.231. The number of carbonyl (C=O) groups excluding carboxylic acids is 1. The van der Waals surface area contributed by atoms with Crippen molar-refractivity contribution >= 4 is 23.4 Å². The molecule has 2 aliphatic heterocycles. The first-order valence-corrected chi connectivity index (χ1v) is 11.3. The molecule has 1 aliphatic carbocycles. The molecule has 0 spiro atoms. The molecule has 3 aliphatic rings. The number of fused-ring (bicyclic) bond motifs is 1. The van der Waals surface area contributed by atoms with Crippen LogP contribution in [-0.2, 0) is 0 Å². The van der Waals surface area contributed by atoms with Gasteiger partial charge in [0.05, 0.1) is 23.5 Å². The first-order valence-electron chi connectivity index (χ1n) is 11.3. The molecule has 1 aromatic carbocycles. The molecule has 0 radical (unpaired) electrons. The Morgan fingerprint density at radius 1 is 1.19 bits per heavy atom. The van der Waals surface area contributed by atoms with Crippen LogP contribution < -0.4 is 11.1 Å². The van der Waals surface area contributed by atoms with E-state index in [9.17, 15) is 13.6 Å².